The molecule has 4 rings (SSSR count). The summed E-state index contributed by atoms with van der Waals surface area (Å²) in [5.41, 5.74) is -1.60. The van der Waals surface area contributed by atoms with Crippen molar-refractivity contribution in [2.45, 2.75) is 31.0 Å². The first-order valence-corrected chi connectivity index (χ1v) is 7.72. The normalized spacial score (nSPS) is 25.4. The second-order valence-electron chi connectivity index (χ2n) is 6.41. The number of halogens is 6. The largest absolute Gasteiger partial charge is 0.417 e. The molecule has 0 saturated heterocycles. The van der Waals surface area contributed by atoms with Gasteiger partial charge in [0.05, 0.1) is 12.1 Å². The maximum atomic E-state index is 14.2. The number of alkyl halides is 3. The molecule has 0 amide bonds. The molecule has 0 bridgehead atoms. The highest BCUT2D eigenvalue weighted by Gasteiger charge is 2.47. The summed E-state index contributed by atoms with van der Waals surface area (Å²) >= 11 is 0. The summed E-state index contributed by atoms with van der Waals surface area (Å²) in [6.45, 7) is -0.0404. The minimum Gasteiger partial charge on any atom is -0.327 e. The Balaban J connectivity index is 1.81. The minimum atomic E-state index is -4.68. The van der Waals surface area contributed by atoms with Crippen LogP contribution in [0.5, 0.6) is 0 Å². The molecule has 0 aromatic heterocycles. The third-order valence-electron chi connectivity index (χ3n) is 4.86. The van der Waals surface area contributed by atoms with E-state index in [1.54, 1.807) is 0 Å². The van der Waals surface area contributed by atoms with Crippen LogP contribution in [0.3, 0.4) is 0 Å². The van der Waals surface area contributed by atoms with Crippen molar-refractivity contribution in [2.24, 2.45) is 4.99 Å². The summed E-state index contributed by atoms with van der Waals surface area (Å²) in [5.74, 6) is -3.24. The lowest BCUT2D eigenvalue weighted by atomic mass is 9.77. The average Bonchev–Trinajstić information content (AvgIpc) is 2.90. The molecule has 0 radical (unpaired) electrons. The number of hydrogen-bond acceptors (Lipinski definition) is 2. The van der Waals surface area contributed by atoms with Crippen molar-refractivity contribution in [1.82, 2.24) is 4.90 Å². The average molecular weight is 358 g/mol. The molecule has 0 unspecified atom stereocenters. The van der Waals surface area contributed by atoms with Crippen LogP contribution in [0.25, 0.3) is 0 Å². The Kier molecular flexibility index (Phi) is 3.33. The highest BCUT2D eigenvalue weighted by Crippen LogP contribution is 2.46. The van der Waals surface area contributed by atoms with Gasteiger partial charge >= 0.3 is 6.18 Å². The van der Waals surface area contributed by atoms with E-state index in [0.29, 0.717) is 30.9 Å². The zero-order valence-electron chi connectivity index (χ0n) is 12.8. The molecule has 1 spiro atoms. The van der Waals surface area contributed by atoms with Crippen LogP contribution in [0, 0.1) is 11.6 Å². The van der Waals surface area contributed by atoms with E-state index in [1.807, 2.05) is 0 Å². The van der Waals surface area contributed by atoms with Crippen LogP contribution in [0.15, 0.2) is 40.8 Å². The van der Waals surface area contributed by atoms with Crippen LogP contribution < -0.4 is 0 Å². The van der Waals surface area contributed by atoms with E-state index in [4.69, 9.17) is 0 Å². The lowest BCUT2D eigenvalue weighted by Crippen LogP contribution is -2.36. The first kappa shape index (κ1) is 16.2. The molecule has 1 aromatic rings. The number of amidine groups is 1. The van der Waals surface area contributed by atoms with E-state index < -0.39 is 34.7 Å². The number of allylic oxidation sites excluding steroid dienone is 2. The zero-order chi connectivity index (χ0) is 18.0. The Morgan fingerprint density at radius 2 is 1.88 bits per heavy atom. The van der Waals surface area contributed by atoms with E-state index >= 15 is 0 Å². The third kappa shape index (κ3) is 2.38. The van der Waals surface area contributed by atoms with Gasteiger partial charge in [0.25, 0.3) is 0 Å². The first-order valence-electron chi connectivity index (χ1n) is 7.72. The summed E-state index contributed by atoms with van der Waals surface area (Å²) < 4.78 is 80.5. The first-order chi connectivity index (χ1) is 11.7. The SMILES string of the molecule is FC1=CC(C(F)(F)F)=CN2C[C@]3(CCCc4c3ccc(F)c4F)N=C12. The summed E-state index contributed by atoms with van der Waals surface area (Å²) in [5, 5.41) is 0. The topological polar surface area (TPSA) is 15.6 Å². The van der Waals surface area contributed by atoms with Crippen molar-refractivity contribution < 1.29 is 26.3 Å². The van der Waals surface area contributed by atoms with Gasteiger partial charge in [0, 0.05) is 6.20 Å². The van der Waals surface area contributed by atoms with Crippen LogP contribution in [0.4, 0.5) is 26.3 Å². The molecule has 3 aliphatic rings. The Bertz CT molecular complexity index is 851. The van der Waals surface area contributed by atoms with Gasteiger partial charge in [-0.15, -0.1) is 0 Å². The number of aliphatic imine (C=N–C) groups is 1. The molecule has 8 heteroatoms. The van der Waals surface area contributed by atoms with Crippen molar-refractivity contribution >= 4 is 5.84 Å². The quantitative estimate of drug-likeness (QED) is 0.623. The van der Waals surface area contributed by atoms with Crippen LogP contribution in [-0.2, 0) is 12.0 Å². The number of hydrogen-bond donors (Lipinski definition) is 0. The van der Waals surface area contributed by atoms with Crippen LogP contribution >= 0.6 is 0 Å². The van der Waals surface area contributed by atoms with E-state index in [9.17, 15) is 26.3 Å². The molecule has 1 atom stereocenters. The summed E-state index contributed by atoms with van der Waals surface area (Å²) in [6.07, 6.45) is -2.24. The number of nitrogens with zero attached hydrogens (tertiary/aromatic N) is 2. The van der Waals surface area contributed by atoms with Gasteiger partial charge in [-0.3, -0.25) is 4.99 Å². The molecule has 0 saturated carbocycles. The summed E-state index contributed by atoms with van der Waals surface area (Å²) in [7, 11) is 0. The Morgan fingerprint density at radius 1 is 1.12 bits per heavy atom. The van der Waals surface area contributed by atoms with Crippen molar-refractivity contribution in [3.05, 3.63) is 58.6 Å². The van der Waals surface area contributed by atoms with Crippen molar-refractivity contribution in [3.63, 3.8) is 0 Å². The predicted octanol–water partition coefficient (Wildman–Crippen LogP) is 4.52. The fourth-order valence-corrected chi connectivity index (χ4v) is 3.76. The fraction of sp³-hybridized carbons (Fsp3) is 0.353. The molecule has 1 aromatic carbocycles. The maximum absolute atomic E-state index is 14.2. The van der Waals surface area contributed by atoms with Crippen molar-refractivity contribution in [1.29, 1.82) is 0 Å². The lowest BCUT2D eigenvalue weighted by Gasteiger charge is -2.34. The zero-order valence-corrected chi connectivity index (χ0v) is 12.8. The van der Waals surface area contributed by atoms with Gasteiger partial charge in [0.2, 0.25) is 0 Å². The molecule has 0 N–H and O–H groups in total. The number of rotatable bonds is 0. The lowest BCUT2D eigenvalue weighted by molar-refractivity contribution is -0.0893. The maximum Gasteiger partial charge on any atom is 0.417 e. The van der Waals surface area contributed by atoms with Gasteiger partial charge in [0.15, 0.2) is 23.3 Å². The molecule has 2 nitrogen and oxygen atoms in total. The molecular weight excluding hydrogens is 346 g/mol. The summed E-state index contributed by atoms with van der Waals surface area (Å²) in [6, 6.07) is 2.37. The fourth-order valence-electron chi connectivity index (χ4n) is 3.76. The standard InChI is InChI=1S/C17H12F6N2/c18-12-4-3-11-10(14(12)20)2-1-5-16(11)8-25-7-9(17(21,22)23)6-13(19)15(25)24-16/h3-4,6-7H,1-2,5,8H2/t16-/m0/s1. The van der Waals surface area contributed by atoms with E-state index in [0.717, 1.165) is 17.2 Å². The third-order valence-corrected chi connectivity index (χ3v) is 4.86. The van der Waals surface area contributed by atoms with Crippen molar-refractivity contribution in [3.8, 4) is 0 Å². The van der Waals surface area contributed by atoms with Crippen LogP contribution in [0.1, 0.15) is 24.0 Å². The predicted molar refractivity (Wildman–Crippen MR) is 78.4 cm³/mol. The summed E-state index contributed by atoms with van der Waals surface area (Å²) in [4.78, 5) is 5.41. The number of fused-ring (bicyclic) bond motifs is 3. The Labute approximate surface area is 139 Å². The Hall–Kier alpha value is -2.25. The van der Waals surface area contributed by atoms with Gasteiger partial charge in [-0.1, -0.05) is 6.07 Å². The molecule has 0 fully saturated rings. The van der Waals surface area contributed by atoms with E-state index in [-0.39, 0.29) is 17.9 Å². The second kappa shape index (κ2) is 5.12. The Morgan fingerprint density at radius 3 is 2.60 bits per heavy atom. The molecule has 2 heterocycles. The molecule has 1 aliphatic carbocycles. The minimum absolute atomic E-state index is 0.0404. The molecule has 132 valence electrons. The second-order valence-corrected chi connectivity index (χ2v) is 6.41. The van der Waals surface area contributed by atoms with Gasteiger partial charge in [-0.25, -0.2) is 13.2 Å². The van der Waals surface area contributed by atoms with E-state index in [1.165, 1.54) is 6.07 Å². The van der Waals surface area contributed by atoms with Crippen molar-refractivity contribution in [2.75, 3.05) is 6.54 Å². The smallest absolute Gasteiger partial charge is 0.327 e. The molecule has 2 aliphatic heterocycles. The highest BCUT2D eigenvalue weighted by molar-refractivity contribution is 6.00. The van der Waals surface area contributed by atoms with Gasteiger partial charge < -0.3 is 4.90 Å². The monoisotopic (exact) mass is 358 g/mol. The van der Waals surface area contributed by atoms with E-state index in [2.05, 4.69) is 4.99 Å². The number of benzene rings is 1. The van der Waals surface area contributed by atoms with Gasteiger partial charge in [0.1, 0.15) is 5.54 Å². The highest BCUT2D eigenvalue weighted by atomic mass is 19.4. The van der Waals surface area contributed by atoms with Gasteiger partial charge in [-0.2, -0.15) is 13.2 Å². The molecule has 25 heavy (non-hydrogen) atoms. The molecular formula is C17H12F6N2. The van der Waals surface area contributed by atoms with Crippen LogP contribution in [-0.4, -0.2) is 23.5 Å². The van der Waals surface area contributed by atoms with Crippen LogP contribution in [0.2, 0.25) is 0 Å². The van der Waals surface area contributed by atoms with Gasteiger partial charge in [-0.05, 0) is 42.5 Å².